The lowest BCUT2D eigenvalue weighted by Crippen LogP contribution is -2.49. The van der Waals surface area contributed by atoms with Crippen molar-refractivity contribution >= 4 is 17.7 Å². The SMILES string of the molecule is Cc1cc(N2CCCC2)nc(N2CCN(C(=O)c3ccc(F)cc3)CC2)n1. The first kappa shape index (κ1) is 17.7. The zero-order chi connectivity index (χ0) is 18.8. The van der Waals surface area contributed by atoms with E-state index in [4.69, 9.17) is 4.98 Å². The minimum atomic E-state index is -0.332. The summed E-state index contributed by atoms with van der Waals surface area (Å²) >= 11 is 0. The number of aryl methyl sites for hydroxylation is 1. The highest BCUT2D eigenvalue weighted by Gasteiger charge is 2.24. The molecule has 27 heavy (non-hydrogen) atoms. The van der Waals surface area contributed by atoms with Crippen molar-refractivity contribution < 1.29 is 9.18 Å². The molecule has 0 saturated carbocycles. The van der Waals surface area contributed by atoms with Crippen LogP contribution >= 0.6 is 0 Å². The Hall–Kier alpha value is -2.70. The van der Waals surface area contributed by atoms with Crippen LogP contribution in [-0.4, -0.2) is 60.0 Å². The normalized spacial score (nSPS) is 17.5. The molecular weight excluding hydrogens is 345 g/mol. The van der Waals surface area contributed by atoms with E-state index in [9.17, 15) is 9.18 Å². The number of carbonyl (C=O) groups is 1. The van der Waals surface area contributed by atoms with E-state index in [1.807, 2.05) is 13.0 Å². The average molecular weight is 369 g/mol. The van der Waals surface area contributed by atoms with Crippen LogP contribution in [0.4, 0.5) is 16.2 Å². The third-order valence-corrected chi connectivity index (χ3v) is 5.20. The summed E-state index contributed by atoms with van der Waals surface area (Å²) in [6, 6.07) is 7.77. The van der Waals surface area contributed by atoms with E-state index < -0.39 is 0 Å². The van der Waals surface area contributed by atoms with Gasteiger partial charge in [-0.1, -0.05) is 0 Å². The highest BCUT2D eigenvalue weighted by molar-refractivity contribution is 5.94. The second kappa shape index (κ2) is 7.50. The van der Waals surface area contributed by atoms with Gasteiger partial charge in [-0.3, -0.25) is 4.79 Å². The fraction of sp³-hybridized carbons (Fsp3) is 0.450. The molecule has 0 radical (unpaired) electrons. The van der Waals surface area contributed by atoms with E-state index in [0.29, 0.717) is 31.7 Å². The fourth-order valence-corrected chi connectivity index (χ4v) is 3.67. The molecule has 7 heteroatoms. The maximum Gasteiger partial charge on any atom is 0.253 e. The Kier molecular flexibility index (Phi) is 4.92. The second-order valence-corrected chi connectivity index (χ2v) is 7.15. The molecule has 0 aliphatic carbocycles. The summed E-state index contributed by atoms with van der Waals surface area (Å²) in [5, 5.41) is 0. The van der Waals surface area contributed by atoms with Gasteiger partial charge in [0, 0.05) is 56.6 Å². The van der Waals surface area contributed by atoms with E-state index in [2.05, 4.69) is 14.8 Å². The van der Waals surface area contributed by atoms with Crippen LogP contribution < -0.4 is 9.80 Å². The van der Waals surface area contributed by atoms with E-state index in [-0.39, 0.29) is 11.7 Å². The summed E-state index contributed by atoms with van der Waals surface area (Å²) in [6.45, 7) is 6.69. The van der Waals surface area contributed by atoms with Gasteiger partial charge in [-0.2, -0.15) is 4.98 Å². The number of anilines is 2. The molecule has 1 aromatic carbocycles. The van der Waals surface area contributed by atoms with Gasteiger partial charge in [0.15, 0.2) is 0 Å². The molecular formula is C20H24FN5O. The summed E-state index contributed by atoms with van der Waals surface area (Å²) in [5.41, 5.74) is 1.49. The molecule has 2 fully saturated rings. The molecule has 0 atom stereocenters. The summed E-state index contributed by atoms with van der Waals surface area (Å²) in [4.78, 5) is 28.2. The molecule has 3 heterocycles. The van der Waals surface area contributed by atoms with Crippen LogP contribution in [0.25, 0.3) is 0 Å². The van der Waals surface area contributed by atoms with Gasteiger partial charge in [0.2, 0.25) is 5.95 Å². The van der Waals surface area contributed by atoms with Crippen LogP contribution in [0, 0.1) is 12.7 Å². The van der Waals surface area contributed by atoms with Gasteiger partial charge in [0.05, 0.1) is 0 Å². The van der Waals surface area contributed by atoms with E-state index in [1.165, 1.54) is 37.1 Å². The molecule has 2 aliphatic rings. The molecule has 4 rings (SSSR count). The summed E-state index contributed by atoms with van der Waals surface area (Å²) in [6.07, 6.45) is 2.42. The molecule has 142 valence electrons. The van der Waals surface area contributed by atoms with Gasteiger partial charge < -0.3 is 14.7 Å². The van der Waals surface area contributed by atoms with Crippen molar-refractivity contribution in [3.63, 3.8) is 0 Å². The van der Waals surface area contributed by atoms with Crippen molar-refractivity contribution in [2.45, 2.75) is 19.8 Å². The van der Waals surface area contributed by atoms with Crippen molar-refractivity contribution in [2.75, 3.05) is 49.1 Å². The quantitative estimate of drug-likeness (QED) is 0.832. The van der Waals surface area contributed by atoms with Crippen LogP contribution in [0.3, 0.4) is 0 Å². The third-order valence-electron chi connectivity index (χ3n) is 5.20. The van der Waals surface area contributed by atoms with Crippen LogP contribution in [-0.2, 0) is 0 Å². The first-order valence-corrected chi connectivity index (χ1v) is 9.50. The van der Waals surface area contributed by atoms with Gasteiger partial charge in [0.25, 0.3) is 5.91 Å². The number of rotatable bonds is 3. The number of benzene rings is 1. The highest BCUT2D eigenvalue weighted by Crippen LogP contribution is 2.22. The maximum absolute atomic E-state index is 13.1. The Morgan fingerprint density at radius 3 is 2.26 bits per heavy atom. The summed E-state index contributed by atoms with van der Waals surface area (Å²) < 4.78 is 13.1. The van der Waals surface area contributed by atoms with Gasteiger partial charge in [-0.05, 0) is 44.0 Å². The van der Waals surface area contributed by atoms with E-state index >= 15 is 0 Å². The Bertz CT molecular complexity index is 812. The van der Waals surface area contributed by atoms with Crippen LogP contribution in [0.5, 0.6) is 0 Å². The van der Waals surface area contributed by atoms with E-state index in [0.717, 1.165) is 30.5 Å². The number of halogens is 1. The van der Waals surface area contributed by atoms with Gasteiger partial charge in [-0.15, -0.1) is 0 Å². The molecule has 0 bridgehead atoms. The standard InChI is InChI=1S/C20H24FN5O/c1-15-14-18(24-8-2-3-9-24)23-20(22-15)26-12-10-25(11-13-26)19(27)16-4-6-17(21)7-5-16/h4-7,14H,2-3,8-13H2,1H3. The lowest BCUT2D eigenvalue weighted by Gasteiger charge is -2.35. The lowest BCUT2D eigenvalue weighted by molar-refractivity contribution is 0.0746. The van der Waals surface area contributed by atoms with E-state index in [1.54, 1.807) is 4.90 Å². The predicted molar refractivity (Wildman–Crippen MR) is 103 cm³/mol. The maximum atomic E-state index is 13.1. The molecule has 0 N–H and O–H groups in total. The van der Waals surface area contributed by atoms with Gasteiger partial charge in [-0.25, -0.2) is 9.37 Å². The zero-order valence-corrected chi connectivity index (χ0v) is 15.6. The van der Waals surface area contributed by atoms with Crippen LogP contribution in [0.15, 0.2) is 30.3 Å². The Labute approximate surface area is 158 Å². The van der Waals surface area contributed by atoms with Crippen LogP contribution in [0.1, 0.15) is 28.9 Å². The number of amides is 1. The Balaban J connectivity index is 1.43. The fourth-order valence-electron chi connectivity index (χ4n) is 3.67. The zero-order valence-electron chi connectivity index (χ0n) is 15.6. The lowest BCUT2D eigenvalue weighted by atomic mass is 10.2. The molecule has 1 aromatic heterocycles. The average Bonchev–Trinajstić information content (AvgIpc) is 3.23. The van der Waals surface area contributed by atoms with Crippen molar-refractivity contribution in [2.24, 2.45) is 0 Å². The van der Waals surface area contributed by atoms with Crippen molar-refractivity contribution in [1.29, 1.82) is 0 Å². The predicted octanol–water partition coefficient (Wildman–Crippen LogP) is 2.49. The summed E-state index contributed by atoms with van der Waals surface area (Å²) in [7, 11) is 0. The Morgan fingerprint density at radius 1 is 0.926 bits per heavy atom. The number of aromatic nitrogens is 2. The number of piperazine rings is 1. The number of nitrogens with zero attached hydrogens (tertiary/aromatic N) is 5. The van der Waals surface area contributed by atoms with Crippen molar-refractivity contribution in [3.8, 4) is 0 Å². The first-order valence-electron chi connectivity index (χ1n) is 9.50. The number of hydrogen-bond acceptors (Lipinski definition) is 5. The number of carbonyl (C=O) groups excluding carboxylic acids is 1. The molecule has 2 aromatic rings. The topological polar surface area (TPSA) is 52.6 Å². The number of hydrogen-bond donors (Lipinski definition) is 0. The first-order chi connectivity index (χ1) is 13.1. The molecule has 2 aliphatic heterocycles. The Morgan fingerprint density at radius 2 is 1.59 bits per heavy atom. The third kappa shape index (κ3) is 3.86. The van der Waals surface area contributed by atoms with Crippen molar-refractivity contribution in [1.82, 2.24) is 14.9 Å². The van der Waals surface area contributed by atoms with Gasteiger partial charge in [0.1, 0.15) is 11.6 Å². The highest BCUT2D eigenvalue weighted by atomic mass is 19.1. The second-order valence-electron chi connectivity index (χ2n) is 7.15. The molecule has 0 spiro atoms. The largest absolute Gasteiger partial charge is 0.356 e. The summed E-state index contributed by atoms with van der Waals surface area (Å²) in [5.74, 6) is 1.35. The van der Waals surface area contributed by atoms with Crippen LogP contribution in [0.2, 0.25) is 0 Å². The molecule has 0 unspecified atom stereocenters. The van der Waals surface area contributed by atoms with Crippen molar-refractivity contribution in [3.05, 3.63) is 47.4 Å². The smallest absolute Gasteiger partial charge is 0.253 e. The minimum Gasteiger partial charge on any atom is -0.356 e. The molecule has 2 saturated heterocycles. The molecule has 6 nitrogen and oxygen atoms in total. The van der Waals surface area contributed by atoms with Gasteiger partial charge >= 0.3 is 0 Å². The minimum absolute atomic E-state index is 0.0578. The monoisotopic (exact) mass is 369 g/mol. The molecule has 1 amide bonds.